The molecule has 2 atom stereocenters. The molecule has 1 spiro atoms. The lowest BCUT2D eigenvalue weighted by atomic mass is 9.59. The summed E-state index contributed by atoms with van der Waals surface area (Å²) in [5, 5.41) is 14.7. The summed E-state index contributed by atoms with van der Waals surface area (Å²) in [5.74, 6) is -1.14. The fourth-order valence-electron chi connectivity index (χ4n) is 7.28. The highest BCUT2D eigenvalue weighted by Gasteiger charge is 2.56. The summed E-state index contributed by atoms with van der Waals surface area (Å²) in [6.45, 7) is 1.75. The second kappa shape index (κ2) is 10.2. The lowest BCUT2D eigenvalue weighted by Crippen LogP contribution is -2.59. The molecule has 6 rings (SSSR count). The zero-order chi connectivity index (χ0) is 29.0. The molecular formula is C30H33F3N4O4. The highest BCUT2D eigenvalue weighted by Crippen LogP contribution is 2.54. The maximum Gasteiger partial charge on any atom is 0.416 e. The number of benzene rings is 1. The monoisotopic (exact) mass is 570 g/mol. The molecule has 1 aromatic carbocycles. The average Bonchev–Trinajstić information content (AvgIpc) is 3.26. The molecule has 1 saturated carbocycles. The van der Waals surface area contributed by atoms with Crippen LogP contribution in [0.3, 0.4) is 0 Å². The first-order chi connectivity index (χ1) is 19.5. The topological polar surface area (TPSA) is 103 Å². The van der Waals surface area contributed by atoms with Crippen LogP contribution in [0.4, 0.5) is 13.2 Å². The standard InChI is InChI=1S/C30H33F3N4O4/c31-30(32,33)20-6-4-19(5-7-20)16-36-15-14-29(41,28(18-36)12-2-1-3-13-28)24-10-8-21-22(34-24)17-37(27(21)40)23-9-11-25(38)35-26(23)39/h4-8,10,23,41H,1-3,9,11-18H2,(H,35,38,39)/t23?,29-/m0/s1. The van der Waals surface area contributed by atoms with Crippen molar-refractivity contribution in [2.75, 3.05) is 13.1 Å². The Morgan fingerprint density at radius 1 is 1.00 bits per heavy atom. The highest BCUT2D eigenvalue weighted by atomic mass is 19.4. The van der Waals surface area contributed by atoms with E-state index in [4.69, 9.17) is 4.98 Å². The fraction of sp³-hybridized carbons (Fsp3) is 0.533. The number of aromatic nitrogens is 1. The van der Waals surface area contributed by atoms with Gasteiger partial charge in [0.25, 0.3) is 5.91 Å². The summed E-state index contributed by atoms with van der Waals surface area (Å²) in [5.41, 5.74) is -0.159. The third kappa shape index (κ3) is 4.92. The number of carbonyl (C=O) groups excluding carboxylic acids is 3. The molecule has 3 aliphatic heterocycles. The molecule has 4 heterocycles. The van der Waals surface area contributed by atoms with Crippen LogP contribution >= 0.6 is 0 Å². The normalized spacial score (nSPS) is 26.8. The SMILES string of the molecule is O=C1CCC(N2Cc3nc([C@@]4(O)CCN(Cc5ccc(C(F)(F)F)cc5)CC45CCCCC5)ccc3C2=O)C(=O)N1. The number of piperidine rings is 2. The molecule has 0 bridgehead atoms. The van der Waals surface area contributed by atoms with Gasteiger partial charge < -0.3 is 10.0 Å². The predicted octanol–water partition coefficient (Wildman–Crippen LogP) is 3.91. The van der Waals surface area contributed by atoms with Gasteiger partial charge >= 0.3 is 6.18 Å². The first kappa shape index (κ1) is 27.8. The maximum absolute atomic E-state index is 13.2. The van der Waals surface area contributed by atoms with E-state index in [0.29, 0.717) is 43.0 Å². The average molecular weight is 571 g/mol. The highest BCUT2D eigenvalue weighted by molar-refractivity contribution is 6.05. The molecule has 3 fully saturated rings. The Kier molecular flexibility index (Phi) is 6.93. The van der Waals surface area contributed by atoms with Crippen LogP contribution in [0.5, 0.6) is 0 Å². The molecule has 41 heavy (non-hydrogen) atoms. The van der Waals surface area contributed by atoms with Crippen molar-refractivity contribution in [1.82, 2.24) is 20.1 Å². The van der Waals surface area contributed by atoms with Gasteiger partial charge in [-0.05, 0) is 55.5 Å². The third-order valence-electron chi connectivity index (χ3n) is 9.49. The van der Waals surface area contributed by atoms with Gasteiger partial charge in [0, 0.05) is 31.5 Å². The van der Waals surface area contributed by atoms with E-state index >= 15 is 0 Å². The van der Waals surface area contributed by atoms with Crippen LogP contribution in [0, 0.1) is 5.41 Å². The summed E-state index contributed by atoms with van der Waals surface area (Å²) >= 11 is 0. The van der Waals surface area contributed by atoms with Gasteiger partial charge in [-0.3, -0.25) is 29.6 Å². The Balaban J connectivity index is 1.24. The molecule has 3 amide bonds. The molecule has 1 aromatic heterocycles. The minimum Gasteiger partial charge on any atom is -0.383 e. The van der Waals surface area contributed by atoms with Crippen molar-refractivity contribution in [2.45, 2.75) is 82.3 Å². The number of imide groups is 1. The molecule has 11 heteroatoms. The fourth-order valence-corrected chi connectivity index (χ4v) is 7.28. The van der Waals surface area contributed by atoms with E-state index in [2.05, 4.69) is 10.2 Å². The van der Waals surface area contributed by atoms with E-state index in [1.165, 1.54) is 17.0 Å². The lowest BCUT2D eigenvalue weighted by Gasteiger charge is -2.55. The first-order valence-corrected chi connectivity index (χ1v) is 14.3. The Morgan fingerprint density at radius 2 is 1.73 bits per heavy atom. The molecule has 1 unspecified atom stereocenters. The summed E-state index contributed by atoms with van der Waals surface area (Å²) in [6.07, 6.45) is 1.05. The number of nitrogens with zero attached hydrogens (tertiary/aromatic N) is 3. The number of rotatable bonds is 4. The Labute approximate surface area is 235 Å². The quantitative estimate of drug-likeness (QED) is 0.541. The van der Waals surface area contributed by atoms with Gasteiger partial charge in [-0.25, -0.2) is 0 Å². The molecule has 0 radical (unpaired) electrons. The van der Waals surface area contributed by atoms with Crippen molar-refractivity contribution in [2.24, 2.45) is 5.41 Å². The van der Waals surface area contributed by atoms with Gasteiger partial charge in [-0.15, -0.1) is 0 Å². The molecular weight excluding hydrogens is 537 g/mol. The van der Waals surface area contributed by atoms with Crippen LogP contribution in [0.2, 0.25) is 0 Å². The van der Waals surface area contributed by atoms with Gasteiger partial charge in [-0.2, -0.15) is 13.2 Å². The van der Waals surface area contributed by atoms with Crippen LogP contribution < -0.4 is 5.32 Å². The number of pyridine rings is 1. The number of halogens is 3. The van der Waals surface area contributed by atoms with Crippen molar-refractivity contribution >= 4 is 17.7 Å². The number of carbonyl (C=O) groups is 3. The molecule has 4 aliphatic rings. The van der Waals surface area contributed by atoms with Gasteiger partial charge in [0.2, 0.25) is 11.8 Å². The number of amides is 3. The summed E-state index contributed by atoms with van der Waals surface area (Å²) in [6, 6.07) is 7.94. The largest absolute Gasteiger partial charge is 0.416 e. The number of hydrogen-bond donors (Lipinski definition) is 2. The first-order valence-electron chi connectivity index (χ1n) is 14.3. The summed E-state index contributed by atoms with van der Waals surface area (Å²) < 4.78 is 39.1. The third-order valence-corrected chi connectivity index (χ3v) is 9.49. The number of aliphatic hydroxyl groups is 1. The van der Waals surface area contributed by atoms with E-state index in [0.717, 1.165) is 49.8 Å². The molecule has 2 N–H and O–H groups in total. The van der Waals surface area contributed by atoms with Crippen molar-refractivity contribution < 1.29 is 32.7 Å². The van der Waals surface area contributed by atoms with Gasteiger partial charge in [0.1, 0.15) is 11.6 Å². The summed E-state index contributed by atoms with van der Waals surface area (Å²) in [7, 11) is 0. The van der Waals surface area contributed by atoms with E-state index in [9.17, 15) is 32.7 Å². The molecule has 2 aromatic rings. The number of hydrogen-bond acceptors (Lipinski definition) is 6. The maximum atomic E-state index is 13.2. The summed E-state index contributed by atoms with van der Waals surface area (Å²) in [4.78, 5) is 45.7. The van der Waals surface area contributed by atoms with Crippen LogP contribution in [0.1, 0.15) is 84.2 Å². The van der Waals surface area contributed by atoms with Gasteiger partial charge in [0.15, 0.2) is 0 Å². The minimum atomic E-state index is -4.38. The zero-order valence-corrected chi connectivity index (χ0v) is 22.7. The second-order valence-corrected chi connectivity index (χ2v) is 11.9. The van der Waals surface area contributed by atoms with E-state index in [1.54, 1.807) is 12.1 Å². The number of nitrogens with one attached hydrogen (secondary N) is 1. The van der Waals surface area contributed by atoms with Crippen LogP contribution in [0.15, 0.2) is 36.4 Å². The van der Waals surface area contributed by atoms with Crippen LogP contribution in [-0.4, -0.2) is 56.7 Å². The molecule has 218 valence electrons. The van der Waals surface area contributed by atoms with Crippen LogP contribution in [-0.2, 0) is 34.5 Å². The van der Waals surface area contributed by atoms with Crippen molar-refractivity contribution in [3.8, 4) is 0 Å². The Morgan fingerprint density at radius 3 is 2.41 bits per heavy atom. The predicted molar refractivity (Wildman–Crippen MR) is 141 cm³/mol. The Hall–Kier alpha value is -3.31. The number of alkyl halides is 3. The minimum absolute atomic E-state index is 0.136. The second-order valence-electron chi connectivity index (χ2n) is 11.9. The van der Waals surface area contributed by atoms with Crippen molar-refractivity contribution in [3.63, 3.8) is 0 Å². The smallest absolute Gasteiger partial charge is 0.383 e. The zero-order valence-electron chi connectivity index (χ0n) is 22.7. The molecule has 2 saturated heterocycles. The van der Waals surface area contributed by atoms with Crippen molar-refractivity contribution in [3.05, 3.63) is 64.5 Å². The number of fused-ring (bicyclic) bond motifs is 1. The van der Waals surface area contributed by atoms with Crippen molar-refractivity contribution in [1.29, 1.82) is 0 Å². The lowest BCUT2D eigenvalue weighted by molar-refractivity contribution is -0.162. The molecule has 1 aliphatic carbocycles. The Bertz CT molecular complexity index is 1370. The van der Waals surface area contributed by atoms with Gasteiger partial charge in [0.05, 0.1) is 29.1 Å². The van der Waals surface area contributed by atoms with Crippen LogP contribution in [0.25, 0.3) is 0 Å². The molecule has 8 nitrogen and oxygen atoms in total. The van der Waals surface area contributed by atoms with E-state index < -0.39 is 34.7 Å². The van der Waals surface area contributed by atoms with Gasteiger partial charge in [-0.1, -0.05) is 31.4 Å². The van der Waals surface area contributed by atoms with E-state index in [-0.39, 0.29) is 31.2 Å². The van der Waals surface area contributed by atoms with E-state index in [1.807, 2.05) is 0 Å². The number of likely N-dealkylation sites (tertiary alicyclic amines) is 1.